The van der Waals surface area contributed by atoms with Crippen molar-refractivity contribution >= 4 is 23.0 Å². The molecule has 0 amide bonds. The fourth-order valence-electron chi connectivity index (χ4n) is 5.95. The molecular formula is C20H28N2S. The molecule has 1 aromatic rings. The van der Waals surface area contributed by atoms with E-state index in [-0.39, 0.29) is 0 Å². The zero-order chi connectivity index (χ0) is 16.0. The first-order valence-corrected chi connectivity index (χ1v) is 9.57. The van der Waals surface area contributed by atoms with E-state index in [1.54, 1.807) is 0 Å². The van der Waals surface area contributed by atoms with Crippen molar-refractivity contribution in [1.82, 2.24) is 5.32 Å². The predicted octanol–water partition coefficient (Wildman–Crippen LogP) is 4.89. The van der Waals surface area contributed by atoms with E-state index in [9.17, 15) is 0 Å². The Morgan fingerprint density at radius 2 is 1.74 bits per heavy atom. The zero-order valence-corrected chi connectivity index (χ0v) is 15.1. The van der Waals surface area contributed by atoms with Crippen LogP contribution in [0.2, 0.25) is 0 Å². The van der Waals surface area contributed by atoms with Gasteiger partial charge in [0.25, 0.3) is 0 Å². The third-order valence-corrected chi connectivity index (χ3v) is 6.85. The smallest absolute Gasteiger partial charge is 0.171 e. The number of hydrogen-bond acceptors (Lipinski definition) is 1. The van der Waals surface area contributed by atoms with E-state index >= 15 is 0 Å². The fourth-order valence-corrected chi connectivity index (χ4v) is 6.24. The van der Waals surface area contributed by atoms with Crippen LogP contribution >= 0.6 is 12.2 Å². The van der Waals surface area contributed by atoms with Gasteiger partial charge in [-0.15, -0.1) is 0 Å². The first-order chi connectivity index (χ1) is 11.0. The van der Waals surface area contributed by atoms with Crippen LogP contribution in [0.3, 0.4) is 0 Å². The molecule has 1 aromatic carbocycles. The molecule has 4 bridgehead atoms. The van der Waals surface area contributed by atoms with Gasteiger partial charge in [0.1, 0.15) is 0 Å². The Balaban J connectivity index is 1.41. The molecule has 1 unspecified atom stereocenters. The molecule has 124 valence electrons. The van der Waals surface area contributed by atoms with E-state index in [2.05, 4.69) is 48.7 Å². The Morgan fingerprint density at radius 1 is 1.13 bits per heavy atom. The maximum absolute atomic E-state index is 5.59. The van der Waals surface area contributed by atoms with Gasteiger partial charge in [-0.05, 0) is 105 Å². The molecular weight excluding hydrogens is 300 g/mol. The van der Waals surface area contributed by atoms with Gasteiger partial charge in [-0.3, -0.25) is 0 Å². The van der Waals surface area contributed by atoms with Crippen molar-refractivity contribution in [3.8, 4) is 0 Å². The highest BCUT2D eigenvalue weighted by atomic mass is 32.1. The number of benzene rings is 1. The lowest BCUT2D eigenvalue weighted by molar-refractivity contribution is -0.0671. The molecule has 2 N–H and O–H groups in total. The van der Waals surface area contributed by atoms with Gasteiger partial charge < -0.3 is 10.6 Å². The van der Waals surface area contributed by atoms with Crippen molar-refractivity contribution in [3.05, 3.63) is 29.8 Å². The van der Waals surface area contributed by atoms with Crippen LogP contribution in [-0.2, 0) is 0 Å². The van der Waals surface area contributed by atoms with Crippen LogP contribution < -0.4 is 10.6 Å². The maximum Gasteiger partial charge on any atom is 0.171 e. The van der Waals surface area contributed by atoms with E-state index in [1.807, 2.05) is 0 Å². The van der Waals surface area contributed by atoms with Crippen molar-refractivity contribution < 1.29 is 0 Å². The van der Waals surface area contributed by atoms with Gasteiger partial charge in [-0.25, -0.2) is 0 Å². The third-order valence-electron chi connectivity index (χ3n) is 6.63. The van der Waals surface area contributed by atoms with Crippen LogP contribution in [0.1, 0.15) is 51.0 Å². The summed E-state index contributed by atoms with van der Waals surface area (Å²) in [5.74, 6) is 2.97. The molecule has 3 heteroatoms. The highest BCUT2D eigenvalue weighted by Gasteiger charge is 2.53. The number of nitrogens with one attached hydrogen (secondary N) is 2. The van der Waals surface area contributed by atoms with Gasteiger partial charge >= 0.3 is 0 Å². The molecule has 4 aliphatic rings. The van der Waals surface area contributed by atoms with Crippen LogP contribution in [0.5, 0.6) is 0 Å². The largest absolute Gasteiger partial charge is 0.359 e. The van der Waals surface area contributed by atoms with E-state index < -0.39 is 0 Å². The Bertz CT molecular complexity index is 574. The number of thiocarbonyl (C=S) groups is 1. The number of rotatable bonds is 3. The lowest BCUT2D eigenvalue weighted by atomic mass is 9.48. The molecule has 0 heterocycles. The third kappa shape index (κ3) is 3.00. The summed E-state index contributed by atoms with van der Waals surface area (Å²) < 4.78 is 0. The molecule has 2 nitrogen and oxygen atoms in total. The molecule has 0 saturated heterocycles. The van der Waals surface area contributed by atoms with Gasteiger partial charge in [-0.2, -0.15) is 0 Å². The van der Waals surface area contributed by atoms with E-state index in [0.717, 1.165) is 28.6 Å². The number of aryl methyl sites for hydroxylation is 1. The van der Waals surface area contributed by atoms with Gasteiger partial charge in [0.05, 0.1) is 0 Å². The molecule has 4 fully saturated rings. The molecule has 5 rings (SSSR count). The normalized spacial score (nSPS) is 35.8. The van der Waals surface area contributed by atoms with E-state index in [1.165, 1.54) is 44.1 Å². The van der Waals surface area contributed by atoms with Crippen LogP contribution in [0.25, 0.3) is 0 Å². The van der Waals surface area contributed by atoms with Crippen molar-refractivity contribution in [1.29, 1.82) is 0 Å². The highest BCUT2D eigenvalue weighted by Crippen LogP contribution is 2.61. The van der Waals surface area contributed by atoms with Gasteiger partial charge in [0, 0.05) is 11.7 Å². The second-order valence-electron chi connectivity index (χ2n) is 8.47. The summed E-state index contributed by atoms with van der Waals surface area (Å²) in [6, 6.07) is 8.88. The molecule has 0 aliphatic heterocycles. The zero-order valence-electron chi connectivity index (χ0n) is 14.3. The maximum atomic E-state index is 5.59. The molecule has 4 aliphatic carbocycles. The molecule has 0 aromatic heterocycles. The second kappa shape index (κ2) is 5.77. The monoisotopic (exact) mass is 328 g/mol. The quantitative estimate of drug-likeness (QED) is 0.773. The summed E-state index contributed by atoms with van der Waals surface area (Å²) in [7, 11) is 0. The summed E-state index contributed by atoms with van der Waals surface area (Å²) in [4.78, 5) is 0. The van der Waals surface area contributed by atoms with Crippen molar-refractivity contribution in [2.45, 2.75) is 58.4 Å². The first kappa shape index (κ1) is 15.4. The minimum atomic E-state index is 0.473. The summed E-state index contributed by atoms with van der Waals surface area (Å²) >= 11 is 5.59. The van der Waals surface area contributed by atoms with Crippen LogP contribution in [-0.4, -0.2) is 11.2 Å². The first-order valence-electron chi connectivity index (χ1n) is 9.17. The molecule has 0 radical (unpaired) electrons. The minimum absolute atomic E-state index is 0.473. The standard InChI is InChI=1S/C20H28N2S/c1-13-4-3-5-18(6-13)22-19(23)21-14(2)20-10-15-7-16(11-20)9-17(8-15)12-20/h3-6,14-17H,7-12H2,1-2H3,(H2,21,22,23). The second-order valence-corrected chi connectivity index (χ2v) is 8.88. The Kier molecular flexibility index (Phi) is 3.87. The van der Waals surface area contributed by atoms with Crippen molar-refractivity contribution in [3.63, 3.8) is 0 Å². The highest BCUT2D eigenvalue weighted by molar-refractivity contribution is 7.80. The molecule has 0 spiro atoms. The summed E-state index contributed by atoms with van der Waals surface area (Å²) in [6.07, 6.45) is 8.74. The lowest BCUT2D eigenvalue weighted by Gasteiger charge is -2.59. The van der Waals surface area contributed by atoms with Crippen LogP contribution in [0, 0.1) is 30.1 Å². The van der Waals surface area contributed by atoms with E-state index in [4.69, 9.17) is 12.2 Å². The minimum Gasteiger partial charge on any atom is -0.359 e. The molecule has 1 atom stereocenters. The summed E-state index contributed by atoms with van der Waals surface area (Å²) in [5, 5.41) is 7.77. The molecule has 4 saturated carbocycles. The molecule has 23 heavy (non-hydrogen) atoms. The SMILES string of the molecule is Cc1cccc(NC(=S)NC(C)C23CC4CC(CC(C4)C2)C3)c1. The van der Waals surface area contributed by atoms with Crippen LogP contribution in [0.15, 0.2) is 24.3 Å². The Hall–Kier alpha value is -1.09. The lowest BCUT2D eigenvalue weighted by Crippen LogP contribution is -2.56. The fraction of sp³-hybridized carbons (Fsp3) is 0.650. The van der Waals surface area contributed by atoms with Gasteiger partial charge in [-0.1, -0.05) is 12.1 Å². The summed E-state index contributed by atoms with van der Waals surface area (Å²) in [6.45, 7) is 4.47. The predicted molar refractivity (Wildman–Crippen MR) is 101 cm³/mol. The summed E-state index contributed by atoms with van der Waals surface area (Å²) in [5.41, 5.74) is 2.83. The number of hydrogen-bond donors (Lipinski definition) is 2. The van der Waals surface area contributed by atoms with Gasteiger partial charge in [0.15, 0.2) is 5.11 Å². The van der Waals surface area contributed by atoms with Crippen LogP contribution in [0.4, 0.5) is 5.69 Å². The van der Waals surface area contributed by atoms with Crippen molar-refractivity contribution in [2.24, 2.45) is 23.2 Å². The average molecular weight is 329 g/mol. The topological polar surface area (TPSA) is 24.1 Å². The number of anilines is 1. The van der Waals surface area contributed by atoms with Gasteiger partial charge in [0.2, 0.25) is 0 Å². The van der Waals surface area contributed by atoms with E-state index in [0.29, 0.717) is 11.5 Å². The Labute approximate surface area is 145 Å². The average Bonchev–Trinajstić information content (AvgIpc) is 2.45. The van der Waals surface area contributed by atoms with Crippen molar-refractivity contribution in [2.75, 3.05) is 5.32 Å². The Morgan fingerprint density at radius 3 is 2.30 bits per heavy atom.